The van der Waals surface area contributed by atoms with Gasteiger partial charge >= 0.3 is 5.97 Å². The van der Waals surface area contributed by atoms with Crippen molar-refractivity contribution in [2.24, 2.45) is 5.41 Å². The van der Waals surface area contributed by atoms with Crippen LogP contribution in [0, 0.1) is 10.8 Å². The Balaban J connectivity index is 2.28. The molecule has 2 N–H and O–H groups in total. The first-order valence-electron chi connectivity index (χ1n) is 4.67. The summed E-state index contributed by atoms with van der Waals surface area (Å²) in [6, 6.07) is 0. The van der Waals surface area contributed by atoms with Crippen molar-refractivity contribution in [2.75, 3.05) is 13.1 Å². The standard InChI is InChI=1S/C9H14N2O2/c1-6-7(10)9(8(12)13-6)2-4-11-5-3-9/h6,10-11H,2-5H2,1H3/t6-/m0/s1. The lowest BCUT2D eigenvalue weighted by molar-refractivity contribution is -0.149. The maximum Gasteiger partial charge on any atom is 0.318 e. The molecule has 4 nitrogen and oxygen atoms in total. The summed E-state index contributed by atoms with van der Waals surface area (Å²) in [5.41, 5.74) is -0.107. The number of esters is 1. The van der Waals surface area contributed by atoms with Crippen LogP contribution >= 0.6 is 0 Å². The molecular weight excluding hydrogens is 168 g/mol. The average molecular weight is 182 g/mol. The van der Waals surface area contributed by atoms with E-state index in [2.05, 4.69) is 5.32 Å². The predicted molar refractivity (Wildman–Crippen MR) is 47.8 cm³/mol. The van der Waals surface area contributed by atoms with Gasteiger partial charge in [0.2, 0.25) is 0 Å². The molecule has 1 spiro atoms. The third-order valence-corrected chi connectivity index (χ3v) is 3.05. The van der Waals surface area contributed by atoms with E-state index in [-0.39, 0.29) is 12.1 Å². The molecule has 2 rings (SSSR count). The first kappa shape index (κ1) is 8.69. The van der Waals surface area contributed by atoms with Gasteiger partial charge in [-0.1, -0.05) is 0 Å². The second kappa shape index (κ2) is 2.80. The van der Waals surface area contributed by atoms with E-state index >= 15 is 0 Å². The van der Waals surface area contributed by atoms with Crippen molar-refractivity contribution in [3.63, 3.8) is 0 Å². The second-order valence-electron chi connectivity index (χ2n) is 3.79. The van der Waals surface area contributed by atoms with E-state index in [0.717, 1.165) is 25.9 Å². The van der Waals surface area contributed by atoms with Crippen molar-refractivity contribution in [3.05, 3.63) is 0 Å². The van der Waals surface area contributed by atoms with Gasteiger partial charge in [0.15, 0.2) is 0 Å². The highest BCUT2D eigenvalue weighted by Crippen LogP contribution is 2.38. The Morgan fingerprint density at radius 1 is 1.54 bits per heavy atom. The minimum Gasteiger partial charge on any atom is -0.456 e. The normalized spacial score (nSPS) is 32.2. The molecular formula is C9H14N2O2. The quantitative estimate of drug-likeness (QED) is 0.530. The van der Waals surface area contributed by atoms with Crippen LogP contribution in [0.15, 0.2) is 0 Å². The fraction of sp³-hybridized carbons (Fsp3) is 0.778. The molecule has 0 unspecified atom stereocenters. The molecule has 0 radical (unpaired) electrons. The summed E-state index contributed by atoms with van der Waals surface area (Å²) >= 11 is 0. The molecule has 4 heteroatoms. The lowest BCUT2D eigenvalue weighted by atomic mass is 9.75. The van der Waals surface area contributed by atoms with Crippen LogP contribution in [-0.2, 0) is 9.53 Å². The minimum absolute atomic E-state index is 0.188. The van der Waals surface area contributed by atoms with Gasteiger partial charge in [-0.15, -0.1) is 0 Å². The number of nitrogens with one attached hydrogen (secondary N) is 2. The number of carbonyl (C=O) groups is 1. The van der Waals surface area contributed by atoms with E-state index in [1.807, 2.05) is 0 Å². The van der Waals surface area contributed by atoms with Gasteiger partial charge in [0, 0.05) is 0 Å². The number of piperidine rings is 1. The van der Waals surface area contributed by atoms with Crippen LogP contribution in [0.25, 0.3) is 0 Å². The van der Waals surface area contributed by atoms with Crippen LogP contribution in [0.5, 0.6) is 0 Å². The Bertz CT molecular complexity index is 256. The number of hydrogen-bond donors (Lipinski definition) is 2. The highest BCUT2D eigenvalue weighted by Gasteiger charge is 2.52. The van der Waals surface area contributed by atoms with Crippen molar-refractivity contribution in [1.29, 1.82) is 5.41 Å². The monoisotopic (exact) mass is 182 g/mol. The van der Waals surface area contributed by atoms with Gasteiger partial charge in [-0.2, -0.15) is 0 Å². The highest BCUT2D eigenvalue weighted by molar-refractivity contribution is 6.12. The fourth-order valence-electron chi connectivity index (χ4n) is 2.16. The third-order valence-electron chi connectivity index (χ3n) is 3.05. The van der Waals surface area contributed by atoms with Crippen molar-refractivity contribution in [2.45, 2.75) is 25.9 Å². The Morgan fingerprint density at radius 3 is 2.62 bits per heavy atom. The van der Waals surface area contributed by atoms with Crippen LogP contribution in [0.2, 0.25) is 0 Å². The Labute approximate surface area is 77.2 Å². The van der Waals surface area contributed by atoms with Crippen LogP contribution in [0.1, 0.15) is 19.8 Å². The Hall–Kier alpha value is -0.900. The summed E-state index contributed by atoms with van der Waals surface area (Å²) in [6.45, 7) is 3.39. The highest BCUT2D eigenvalue weighted by atomic mass is 16.6. The number of cyclic esters (lactones) is 1. The first-order chi connectivity index (χ1) is 6.17. The van der Waals surface area contributed by atoms with Crippen LogP contribution in [-0.4, -0.2) is 30.9 Å². The van der Waals surface area contributed by atoms with Crippen molar-refractivity contribution in [1.82, 2.24) is 5.32 Å². The summed E-state index contributed by atoms with van der Waals surface area (Å²) in [5, 5.41) is 11.0. The lowest BCUT2D eigenvalue weighted by Gasteiger charge is -2.29. The van der Waals surface area contributed by atoms with Crippen LogP contribution in [0.3, 0.4) is 0 Å². The smallest absolute Gasteiger partial charge is 0.318 e. The summed E-state index contributed by atoms with van der Waals surface area (Å²) in [7, 11) is 0. The largest absolute Gasteiger partial charge is 0.456 e. The van der Waals surface area contributed by atoms with Crippen LogP contribution in [0.4, 0.5) is 0 Å². The lowest BCUT2D eigenvalue weighted by Crippen LogP contribution is -2.44. The van der Waals surface area contributed by atoms with E-state index in [1.165, 1.54) is 0 Å². The molecule has 13 heavy (non-hydrogen) atoms. The molecule has 0 saturated carbocycles. The molecule has 0 amide bonds. The van der Waals surface area contributed by atoms with Crippen molar-refractivity contribution in [3.8, 4) is 0 Å². The van der Waals surface area contributed by atoms with E-state index in [4.69, 9.17) is 10.1 Å². The zero-order valence-corrected chi connectivity index (χ0v) is 7.72. The molecule has 72 valence electrons. The zero-order valence-electron chi connectivity index (χ0n) is 7.72. The molecule has 0 aromatic carbocycles. The van der Waals surface area contributed by atoms with Crippen LogP contribution < -0.4 is 5.32 Å². The third kappa shape index (κ3) is 1.09. The van der Waals surface area contributed by atoms with Gasteiger partial charge in [-0.05, 0) is 32.9 Å². The van der Waals surface area contributed by atoms with Gasteiger partial charge in [0.25, 0.3) is 0 Å². The van der Waals surface area contributed by atoms with Crippen molar-refractivity contribution < 1.29 is 9.53 Å². The van der Waals surface area contributed by atoms with Gasteiger partial charge in [0.05, 0.1) is 5.71 Å². The molecule has 2 saturated heterocycles. The van der Waals surface area contributed by atoms with E-state index < -0.39 is 5.41 Å². The van der Waals surface area contributed by atoms with Crippen molar-refractivity contribution >= 4 is 11.7 Å². The Kier molecular flexibility index (Phi) is 1.87. The molecule has 0 bridgehead atoms. The van der Waals surface area contributed by atoms with E-state index in [9.17, 15) is 4.79 Å². The minimum atomic E-state index is -0.579. The molecule has 2 aliphatic rings. The van der Waals surface area contributed by atoms with Gasteiger partial charge in [0.1, 0.15) is 11.5 Å². The number of ether oxygens (including phenoxy) is 1. The zero-order chi connectivity index (χ0) is 9.47. The number of hydrogen-bond acceptors (Lipinski definition) is 4. The topological polar surface area (TPSA) is 62.2 Å². The maximum atomic E-state index is 11.6. The fourth-order valence-corrected chi connectivity index (χ4v) is 2.16. The SMILES string of the molecule is C[C@@H]1OC(=O)C2(CCNCC2)C1=N. The maximum absolute atomic E-state index is 11.6. The van der Waals surface area contributed by atoms with E-state index in [1.54, 1.807) is 6.92 Å². The molecule has 2 aliphatic heterocycles. The summed E-state index contributed by atoms with van der Waals surface area (Å²) in [4.78, 5) is 11.6. The molecule has 2 fully saturated rings. The summed E-state index contributed by atoms with van der Waals surface area (Å²) in [6.07, 6.45) is 1.12. The van der Waals surface area contributed by atoms with Gasteiger partial charge in [-0.3, -0.25) is 4.79 Å². The molecule has 2 heterocycles. The second-order valence-corrected chi connectivity index (χ2v) is 3.79. The molecule has 0 aliphatic carbocycles. The number of rotatable bonds is 0. The van der Waals surface area contributed by atoms with Gasteiger partial charge < -0.3 is 15.5 Å². The van der Waals surface area contributed by atoms with E-state index in [0.29, 0.717) is 5.71 Å². The molecule has 0 aromatic heterocycles. The summed E-state index contributed by atoms with van der Waals surface area (Å²) < 4.78 is 5.08. The number of carbonyl (C=O) groups excluding carboxylic acids is 1. The Morgan fingerprint density at radius 2 is 2.15 bits per heavy atom. The average Bonchev–Trinajstić information content (AvgIpc) is 2.34. The van der Waals surface area contributed by atoms with Gasteiger partial charge in [-0.25, -0.2) is 0 Å². The molecule has 0 aromatic rings. The molecule has 1 atom stereocenters. The summed E-state index contributed by atoms with van der Waals surface area (Å²) in [5.74, 6) is -0.188. The predicted octanol–water partition coefficient (Wildman–Crippen LogP) is 0.321. The first-order valence-corrected chi connectivity index (χ1v) is 4.67.